The second kappa shape index (κ2) is 10.8. The van der Waals surface area contributed by atoms with Gasteiger partial charge in [0.1, 0.15) is 12.1 Å². The first kappa shape index (κ1) is 28.7. The van der Waals surface area contributed by atoms with Gasteiger partial charge in [0.05, 0.1) is 11.4 Å². The molecule has 1 aliphatic carbocycles. The molecule has 2 aromatic heterocycles. The number of aliphatic imine (C=N–C) groups is 1. The highest BCUT2D eigenvalue weighted by molar-refractivity contribution is 6.05. The van der Waals surface area contributed by atoms with Gasteiger partial charge in [0.25, 0.3) is 0 Å². The predicted octanol–water partition coefficient (Wildman–Crippen LogP) is 11.3. The van der Waals surface area contributed by atoms with Crippen molar-refractivity contribution in [2.24, 2.45) is 4.99 Å². The van der Waals surface area contributed by atoms with Crippen molar-refractivity contribution in [3.05, 3.63) is 162 Å². The van der Waals surface area contributed by atoms with E-state index in [4.69, 9.17) is 24.1 Å². The number of rotatable bonds is 4. The number of hydrogen-bond donors (Lipinski definition) is 0. The Morgan fingerprint density at radius 3 is 2.26 bits per heavy atom. The normalized spacial score (nSPS) is 14.2. The zero-order chi connectivity index (χ0) is 33.4. The number of aromatic nitrogens is 2. The summed E-state index contributed by atoms with van der Waals surface area (Å²) < 4.78 is 12.5. The molecule has 5 nitrogen and oxygen atoms in total. The fraction of sp³-hybridized carbons (Fsp3) is 0.0889. The van der Waals surface area contributed by atoms with E-state index in [1.165, 1.54) is 22.3 Å². The summed E-state index contributed by atoms with van der Waals surface area (Å²) in [4.78, 5) is 15.0. The van der Waals surface area contributed by atoms with Gasteiger partial charge in [-0.15, -0.1) is 0 Å². The molecule has 0 atom stereocenters. The molecule has 8 aromatic rings. The first-order valence-electron chi connectivity index (χ1n) is 16.9. The SMILES string of the molecule is CC1(C)c2ccccc2-c2ccc(-c3cnc(-c4cc(C5=Nc6ccccc6CO5)cc(-c5nc6ccccc6o5)c4)c4ccccc34)cc21. The van der Waals surface area contributed by atoms with Gasteiger partial charge >= 0.3 is 0 Å². The first-order chi connectivity index (χ1) is 24.5. The van der Waals surface area contributed by atoms with Crippen LogP contribution in [0.3, 0.4) is 0 Å². The average molecular weight is 646 g/mol. The molecule has 0 radical (unpaired) electrons. The van der Waals surface area contributed by atoms with Crippen LogP contribution in [0.2, 0.25) is 0 Å². The van der Waals surface area contributed by atoms with Crippen molar-refractivity contribution in [2.75, 3.05) is 0 Å². The fourth-order valence-corrected chi connectivity index (χ4v) is 7.71. The van der Waals surface area contributed by atoms with Gasteiger partial charge in [-0.05, 0) is 75.7 Å². The van der Waals surface area contributed by atoms with Crippen LogP contribution in [-0.2, 0) is 16.8 Å². The van der Waals surface area contributed by atoms with Gasteiger partial charge in [0.15, 0.2) is 5.58 Å². The summed E-state index contributed by atoms with van der Waals surface area (Å²) in [7, 11) is 0. The highest BCUT2D eigenvalue weighted by Gasteiger charge is 2.35. The maximum atomic E-state index is 6.27. The van der Waals surface area contributed by atoms with Crippen molar-refractivity contribution in [3.63, 3.8) is 0 Å². The Kier molecular flexibility index (Phi) is 6.21. The summed E-state index contributed by atoms with van der Waals surface area (Å²) in [6, 6.07) is 46.4. The van der Waals surface area contributed by atoms with Crippen molar-refractivity contribution in [1.29, 1.82) is 0 Å². The standard InChI is InChI=1S/C45H31N3O2/c1-45(2)37-15-7-6-13-33(37)34-20-19-27(24-38(34)45)36-25-46-42(35-14-5-4-12-32(35)36)29-21-30(43-47-39-16-8-3-11-28(39)26-49-43)23-31(22-29)44-48-40-17-9-10-18-41(40)50-44/h3-25H,26H2,1-2H3. The van der Waals surface area contributed by atoms with Crippen LogP contribution in [0.15, 0.2) is 149 Å². The van der Waals surface area contributed by atoms with Gasteiger partial charge in [-0.3, -0.25) is 4.98 Å². The fourth-order valence-electron chi connectivity index (χ4n) is 7.71. The monoisotopic (exact) mass is 645 g/mol. The molecule has 0 unspecified atom stereocenters. The number of ether oxygens (including phenoxy) is 1. The van der Waals surface area contributed by atoms with Crippen LogP contribution in [0.5, 0.6) is 0 Å². The Balaban J connectivity index is 1.14. The van der Waals surface area contributed by atoms with Gasteiger partial charge < -0.3 is 9.15 Å². The van der Waals surface area contributed by atoms with Crippen LogP contribution in [0.25, 0.3) is 66.8 Å². The molecule has 1 aliphatic heterocycles. The number of oxazole rings is 1. The van der Waals surface area contributed by atoms with Crippen LogP contribution < -0.4 is 0 Å². The van der Waals surface area contributed by atoms with Gasteiger partial charge in [-0.2, -0.15) is 0 Å². The van der Waals surface area contributed by atoms with Gasteiger partial charge in [0.2, 0.25) is 11.8 Å². The molecule has 238 valence electrons. The number of fused-ring (bicyclic) bond motifs is 6. The molecule has 0 amide bonds. The van der Waals surface area contributed by atoms with Crippen LogP contribution in [-0.4, -0.2) is 15.9 Å². The second-order valence-electron chi connectivity index (χ2n) is 13.6. The number of nitrogens with zero attached hydrogens (tertiary/aromatic N) is 3. The lowest BCUT2D eigenvalue weighted by atomic mass is 9.81. The zero-order valence-electron chi connectivity index (χ0n) is 27.6. The summed E-state index contributed by atoms with van der Waals surface area (Å²) in [6.07, 6.45) is 2.02. The van der Waals surface area contributed by atoms with Crippen LogP contribution in [0.4, 0.5) is 5.69 Å². The van der Waals surface area contributed by atoms with E-state index in [1.54, 1.807) is 0 Å². The highest BCUT2D eigenvalue weighted by atomic mass is 16.5. The molecule has 0 bridgehead atoms. The molecule has 3 heterocycles. The Morgan fingerprint density at radius 2 is 1.34 bits per heavy atom. The lowest BCUT2D eigenvalue weighted by Gasteiger charge is -2.22. The summed E-state index contributed by atoms with van der Waals surface area (Å²) in [5, 5.41) is 2.20. The quantitative estimate of drug-likeness (QED) is 0.191. The van der Waals surface area contributed by atoms with Gasteiger partial charge in [-0.25, -0.2) is 9.98 Å². The Hall–Kier alpha value is -6.33. The van der Waals surface area contributed by atoms with Crippen molar-refractivity contribution >= 4 is 33.5 Å². The van der Waals surface area contributed by atoms with Crippen molar-refractivity contribution in [1.82, 2.24) is 9.97 Å². The molecule has 0 N–H and O–H groups in total. The molecule has 0 saturated carbocycles. The maximum Gasteiger partial charge on any atom is 0.227 e. The molecule has 0 spiro atoms. The van der Waals surface area contributed by atoms with Gasteiger partial charge in [-0.1, -0.05) is 105 Å². The minimum Gasteiger partial charge on any atom is -0.472 e. The zero-order valence-corrected chi connectivity index (χ0v) is 27.6. The topological polar surface area (TPSA) is 60.5 Å². The Bertz CT molecular complexity index is 2670. The highest BCUT2D eigenvalue weighted by Crippen LogP contribution is 2.50. The lowest BCUT2D eigenvalue weighted by Crippen LogP contribution is -2.14. The second-order valence-corrected chi connectivity index (χ2v) is 13.6. The number of para-hydroxylation sites is 3. The minimum absolute atomic E-state index is 0.0862. The van der Waals surface area contributed by atoms with Crippen molar-refractivity contribution in [2.45, 2.75) is 25.9 Å². The molecule has 6 aromatic carbocycles. The third-order valence-corrected chi connectivity index (χ3v) is 10.3. The molecule has 0 fully saturated rings. The van der Waals surface area contributed by atoms with Crippen LogP contribution >= 0.6 is 0 Å². The summed E-state index contributed by atoms with van der Waals surface area (Å²) >= 11 is 0. The van der Waals surface area contributed by atoms with Crippen LogP contribution in [0.1, 0.15) is 36.1 Å². The average Bonchev–Trinajstić information content (AvgIpc) is 3.70. The lowest BCUT2D eigenvalue weighted by molar-refractivity contribution is 0.288. The predicted molar refractivity (Wildman–Crippen MR) is 201 cm³/mol. The van der Waals surface area contributed by atoms with E-state index in [2.05, 4.69) is 92.7 Å². The van der Waals surface area contributed by atoms with Crippen molar-refractivity contribution in [3.8, 4) is 45.0 Å². The Morgan fingerprint density at radius 1 is 0.600 bits per heavy atom. The molecule has 2 aliphatic rings. The summed E-state index contributed by atoms with van der Waals surface area (Å²) in [5.41, 5.74) is 14.5. The molecule has 10 rings (SSSR count). The van der Waals surface area contributed by atoms with Crippen molar-refractivity contribution < 1.29 is 9.15 Å². The Labute approximate surface area is 289 Å². The minimum atomic E-state index is -0.0862. The largest absolute Gasteiger partial charge is 0.472 e. The van der Waals surface area contributed by atoms with E-state index in [9.17, 15) is 0 Å². The smallest absolute Gasteiger partial charge is 0.227 e. The third-order valence-electron chi connectivity index (χ3n) is 10.3. The number of pyridine rings is 1. The van der Waals surface area contributed by atoms with E-state index in [-0.39, 0.29) is 5.41 Å². The summed E-state index contributed by atoms with van der Waals surface area (Å²) in [6.45, 7) is 5.10. The molecule has 50 heavy (non-hydrogen) atoms. The molecule has 5 heteroatoms. The van der Waals surface area contributed by atoms with E-state index in [1.807, 2.05) is 60.8 Å². The van der Waals surface area contributed by atoms with E-state index < -0.39 is 0 Å². The first-order valence-corrected chi connectivity index (χ1v) is 16.9. The van der Waals surface area contributed by atoms with E-state index in [0.29, 0.717) is 18.4 Å². The van der Waals surface area contributed by atoms with E-state index in [0.717, 1.165) is 66.6 Å². The number of benzene rings is 6. The third kappa shape index (κ3) is 4.43. The number of hydrogen-bond acceptors (Lipinski definition) is 5. The molecule has 0 saturated heterocycles. The van der Waals surface area contributed by atoms with E-state index >= 15 is 0 Å². The molecular formula is C45H31N3O2. The summed E-state index contributed by atoms with van der Waals surface area (Å²) in [5.74, 6) is 1.10. The van der Waals surface area contributed by atoms with Crippen LogP contribution in [0, 0.1) is 0 Å². The molecular weight excluding hydrogens is 615 g/mol. The maximum absolute atomic E-state index is 6.27. The van der Waals surface area contributed by atoms with Gasteiger partial charge in [0, 0.05) is 44.8 Å².